The monoisotopic (exact) mass is 232 g/mol. The fourth-order valence-electron chi connectivity index (χ4n) is 1.27. The van der Waals surface area contributed by atoms with Crippen molar-refractivity contribution >= 4 is 17.4 Å². The number of aromatic nitrogens is 1. The molecule has 4 heteroatoms. The van der Waals surface area contributed by atoms with E-state index in [1.165, 1.54) is 0 Å². The van der Waals surface area contributed by atoms with Crippen molar-refractivity contribution in [3.63, 3.8) is 0 Å². The third kappa shape index (κ3) is 2.46. The summed E-state index contributed by atoms with van der Waals surface area (Å²) in [7, 11) is 1.66. The Balaban J connectivity index is 2.23. The smallest absolute Gasteiger partial charge is 0.132 e. The number of pyridine rings is 1. The molecule has 0 radical (unpaired) electrons. The Bertz CT molecular complexity index is 471. The molecule has 1 aromatic carbocycles. The molecule has 0 amide bonds. The molecule has 0 bridgehead atoms. The van der Waals surface area contributed by atoms with Crippen LogP contribution in [-0.2, 0) is 0 Å². The van der Waals surface area contributed by atoms with Crippen LogP contribution in [0.4, 0.5) is 5.69 Å². The molecule has 0 fully saturated rings. The molecule has 0 atom stereocenters. The van der Waals surface area contributed by atoms with Crippen molar-refractivity contribution in [2.24, 2.45) is 0 Å². The second-order valence-electron chi connectivity index (χ2n) is 3.18. The van der Waals surface area contributed by atoms with E-state index < -0.39 is 0 Å². The highest BCUT2D eigenvalue weighted by molar-refractivity contribution is 7.99. The maximum atomic E-state index is 5.58. The number of nitrogen functional groups attached to an aromatic ring is 1. The van der Waals surface area contributed by atoms with Crippen molar-refractivity contribution in [3.8, 4) is 5.75 Å². The number of hydrogen-bond donors (Lipinski definition) is 1. The molecule has 0 unspecified atom stereocenters. The molecule has 1 heterocycles. The van der Waals surface area contributed by atoms with Gasteiger partial charge in [-0.15, -0.1) is 0 Å². The van der Waals surface area contributed by atoms with E-state index in [0.717, 1.165) is 15.7 Å². The highest BCUT2D eigenvalue weighted by Crippen LogP contribution is 2.33. The van der Waals surface area contributed by atoms with Crippen LogP contribution in [0.5, 0.6) is 5.75 Å². The zero-order chi connectivity index (χ0) is 11.4. The first kappa shape index (κ1) is 10.8. The van der Waals surface area contributed by atoms with Crippen LogP contribution in [0.1, 0.15) is 0 Å². The third-order valence-corrected chi connectivity index (χ3v) is 3.05. The average Bonchev–Trinajstić information content (AvgIpc) is 2.33. The number of nitrogens with zero attached hydrogens (tertiary/aromatic N) is 1. The molecule has 16 heavy (non-hydrogen) atoms. The Morgan fingerprint density at radius 1 is 1.19 bits per heavy atom. The van der Waals surface area contributed by atoms with Crippen molar-refractivity contribution in [2.45, 2.75) is 9.92 Å². The largest absolute Gasteiger partial charge is 0.496 e. The zero-order valence-electron chi connectivity index (χ0n) is 8.88. The van der Waals surface area contributed by atoms with Crippen molar-refractivity contribution in [1.29, 1.82) is 0 Å². The van der Waals surface area contributed by atoms with Gasteiger partial charge in [-0.1, -0.05) is 23.9 Å². The zero-order valence-corrected chi connectivity index (χ0v) is 9.70. The molecular formula is C12H12N2OS. The lowest BCUT2D eigenvalue weighted by Crippen LogP contribution is -1.88. The lowest BCUT2D eigenvalue weighted by atomic mass is 10.3. The van der Waals surface area contributed by atoms with Gasteiger partial charge in [-0.3, -0.25) is 0 Å². The van der Waals surface area contributed by atoms with Crippen LogP contribution < -0.4 is 10.5 Å². The molecule has 3 nitrogen and oxygen atoms in total. The summed E-state index contributed by atoms with van der Waals surface area (Å²) in [6.07, 6.45) is 1.65. The number of benzene rings is 1. The quantitative estimate of drug-likeness (QED) is 0.884. The SMILES string of the molecule is COc1ccccc1Sc1ccc(N)cn1. The topological polar surface area (TPSA) is 48.1 Å². The lowest BCUT2D eigenvalue weighted by Gasteiger charge is -2.06. The summed E-state index contributed by atoms with van der Waals surface area (Å²) in [5, 5.41) is 0.902. The van der Waals surface area contributed by atoms with E-state index in [1.54, 1.807) is 25.1 Å². The van der Waals surface area contributed by atoms with E-state index in [1.807, 2.05) is 36.4 Å². The van der Waals surface area contributed by atoms with Crippen molar-refractivity contribution in [2.75, 3.05) is 12.8 Å². The summed E-state index contributed by atoms with van der Waals surface area (Å²) in [6, 6.07) is 11.6. The number of hydrogen-bond acceptors (Lipinski definition) is 4. The van der Waals surface area contributed by atoms with E-state index in [4.69, 9.17) is 10.5 Å². The van der Waals surface area contributed by atoms with Crippen LogP contribution in [0.3, 0.4) is 0 Å². The maximum Gasteiger partial charge on any atom is 0.132 e. The number of ether oxygens (including phenoxy) is 1. The molecule has 0 saturated heterocycles. The Kier molecular flexibility index (Phi) is 3.31. The van der Waals surface area contributed by atoms with Gasteiger partial charge in [-0.2, -0.15) is 0 Å². The van der Waals surface area contributed by atoms with Gasteiger partial charge in [0.25, 0.3) is 0 Å². The van der Waals surface area contributed by atoms with Crippen molar-refractivity contribution < 1.29 is 4.74 Å². The Morgan fingerprint density at radius 3 is 2.69 bits per heavy atom. The number of para-hydroxylation sites is 1. The highest BCUT2D eigenvalue weighted by Gasteiger charge is 2.04. The predicted molar refractivity (Wildman–Crippen MR) is 65.8 cm³/mol. The summed E-state index contributed by atoms with van der Waals surface area (Å²) in [4.78, 5) is 5.28. The van der Waals surface area contributed by atoms with E-state index in [-0.39, 0.29) is 0 Å². The molecule has 82 valence electrons. The van der Waals surface area contributed by atoms with Gasteiger partial charge >= 0.3 is 0 Å². The molecule has 2 aromatic rings. The van der Waals surface area contributed by atoms with Gasteiger partial charge in [-0.25, -0.2) is 4.98 Å². The minimum absolute atomic E-state index is 0.671. The molecule has 1 aromatic heterocycles. The molecule has 0 aliphatic carbocycles. The van der Waals surface area contributed by atoms with Gasteiger partial charge in [0, 0.05) is 0 Å². The maximum absolute atomic E-state index is 5.58. The molecule has 2 rings (SSSR count). The number of methoxy groups -OCH3 is 1. The Morgan fingerprint density at radius 2 is 2.00 bits per heavy atom. The van der Waals surface area contributed by atoms with E-state index in [0.29, 0.717) is 5.69 Å². The molecule has 0 aliphatic rings. The van der Waals surface area contributed by atoms with Crippen LogP contribution in [-0.4, -0.2) is 12.1 Å². The molecular weight excluding hydrogens is 220 g/mol. The van der Waals surface area contributed by atoms with Crippen LogP contribution in [0.2, 0.25) is 0 Å². The Labute approximate surface area is 98.6 Å². The molecule has 0 spiro atoms. The average molecular weight is 232 g/mol. The first-order valence-corrected chi connectivity index (χ1v) is 5.63. The molecule has 0 saturated carbocycles. The summed E-state index contributed by atoms with van der Waals surface area (Å²) < 4.78 is 5.27. The first-order chi connectivity index (χ1) is 7.79. The lowest BCUT2D eigenvalue weighted by molar-refractivity contribution is 0.405. The van der Waals surface area contributed by atoms with Crippen LogP contribution in [0, 0.1) is 0 Å². The second-order valence-corrected chi connectivity index (χ2v) is 4.24. The molecule has 2 N–H and O–H groups in total. The minimum Gasteiger partial charge on any atom is -0.496 e. The van der Waals surface area contributed by atoms with Gasteiger partial charge < -0.3 is 10.5 Å². The van der Waals surface area contributed by atoms with Gasteiger partial charge in [0.15, 0.2) is 0 Å². The molecule has 0 aliphatic heterocycles. The van der Waals surface area contributed by atoms with Crippen LogP contribution in [0.15, 0.2) is 52.5 Å². The predicted octanol–water partition coefficient (Wildman–Crippen LogP) is 2.82. The van der Waals surface area contributed by atoms with E-state index in [2.05, 4.69) is 4.98 Å². The first-order valence-electron chi connectivity index (χ1n) is 4.82. The fourth-order valence-corrected chi connectivity index (χ4v) is 2.13. The fraction of sp³-hybridized carbons (Fsp3) is 0.0833. The highest BCUT2D eigenvalue weighted by atomic mass is 32.2. The van der Waals surface area contributed by atoms with Gasteiger partial charge in [0.05, 0.1) is 23.9 Å². The number of anilines is 1. The minimum atomic E-state index is 0.671. The van der Waals surface area contributed by atoms with Crippen LogP contribution in [0.25, 0.3) is 0 Å². The van der Waals surface area contributed by atoms with Crippen molar-refractivity contribution in [3.05, 3.63) is 42.6 Å². The summed E-state index contributed by atoms with van der Waals surface area (Å²) in [5.74, 6) is 0.853. The van der Waals surface area contributed by atoms with Gasteiger partial charge in [0.2, 0.25) is 0 Å². The number of rotatable bonds is 3. The summed E-state index contributed by atoms with van der Waals surface area (Å²) in [6.45, 7) is 0. The summed E-state index contributed by atoms with van der Waals surface area (Å²) in [5.41, 5.74) is 6.25. The number of nitrogens with two attached hydrogens (primary N) is 1. The van der Waals surface area contributed by atoms with Gasteiger partial charge in [-0.05, 0) is 24.3 Å². The van der Waals surface area contributed by atoms with E-state index in [9.17, 15) is 0 Å². The third-order valence-electron chi connectivity index (χ3n) is 2.04. The van der Waals surface area contributed by atoms with E-state index >= 15 is 0 Å². The standard InChI is InChI=1S/C12H12N2OS/c1-15-10-4-2-3-5-11(10)16-12-7-6-9(13)8-14-12/h2-8H,13H2,1H3. The summed E-state index contributed by atoms with van der Waals surface area (Å²) >= 11 is 1.56. The Hall–Kier alpha value is -1.68. The van der Waals surface area contributed by atoms with Crippen LogP contribution >= 0.6 is 11.8 Å². The normalized spacial score (nSPS) is 10.1. The second kappa shape index (κ2) is 4.90. The van der Waals surface area contributed by atoms with Crippen molar-refractivity contribution in [1.82, 2.24) is 4.98 Å². The van der Waals surface area contributed by atoms with Gasteiger partial charge in [0.1, 0.15) is 10.8 Å².